The molecule has 1 saturated carbocycles. The maximum atomic E-state index is 12.7. The highest BCUT2D eigenvalue weighted by atomic mass is 32.2. The molecule has 122 valence electrons. The van der Waals surface area contributed by atoms with Gasteiger partial charge in [0, 0.05) is 37.8 Å². The van der Waals surface area contributed by atoms with Gasteiger partial charge in [0.25, 0.3) is 10.2 Å². The van der Waals surface area contributed by atoms with Crippen LogP contribution in [0, 0.1) is 0 Å². The number of nitrogens with one attached hydrogen (secondary N) is 2. The van der Waals surface area contributed by atoms with Gasteiger partial charge in [-0.05, 0) is 45.7 Å². The van der Waals surface area contributed by atoms with Crippen molar-refractivity contribution >= 4 is 10.2 Å². The maximum Gasteiger partial charge on any atom is 0.280 e. The normalized spacial score (nSPS) is 32.6. The summed E-state index contributed by atoms with van der Waals surface area (Å²) in [6.07, 6.45) is 6.48. The molecule has 21 heavy (non-hydrogen) atoms. The molecule has 0 spiro atoms. The van der Waals surface area contributed by atoms with Crippen LogP contribution < -0.4 is 10.0 Å². The number of rotatable bonds is 6. The van der Waals surface area contributed by atoms with E-state index < -0.39 is 10.2 Å². The zero-order chi connectivity index (χ0) is 14.9. The van der Waals surface area contributed by atoms with Crippen molar-refractivity contribution in [2.45, 2.75) is 56.7 Å². The van der Waals surface area contributed by atoms with Crippen molar-refractivity contribution in [1.29, 1.82) is 0 Å². The van der Waals surface area contributed by atoms with E-state index in [1.54, 1.807) is 4.31 Å². The van der Waals surface area contributed by atoms with E-state index in [4.69, 9.17) is 0 Å². The minimum absolute atomic E-state index is 0.0685. The molecule has 2 N–H and O–H groups in total. The molecule has 0 amide bonds. The maximum absolute atomic E-state index is 12.7. The summed E-state index contributed by atoms with van der Waals surface area (Å²) in [5, 5.41) is 3.49. The van der Waals surface area contributed by atoms with Crippen molar-refractivity contribution in [1.82, 2.24) is 19.2 Å². The lowest BCUT2D eigenvalue weighted by Crippen LogP contribution is -2.54. The Morgan fingerprint density at radius 2 is 1.86 bits per heavy atom. The standard InChI is InChI=1S/C14H28N4O2S/c1-17-9-7-13(11-17)16-21(19,20)18-8-3-2-4-14(18)10-15-12-5-6-12/h12-16H,2-11H2,1H3. The summed E-state index contributed by atoms with van der Waals surface area (Å²) in [5.74, 6) is 0. The number of hydrogen-bond donors (Lipinski definition) is 2. The molecule has 2 heterocycles. The Balaban J connectivity index is 1.59. The van der Waals surface area contributed by atoms with E-state index in [0.717, 1.165) is 45.3 Å². The second-order valence-corrected chi connectivity index (χ2v) is 8.47. The number of likely N-dealkylation sites (tertiary alicyclic amines) is 1. The zero-order valence-corrected chi connectivity index (χ0v) is 13.7. The van der Waals surface area contributed by atoms with Crippen molar-refractivity contribution in [3.8, 4) is 0 Å². The van der Waals surface area contributed by atoms with E-state index in [-0.39, 0.29) is 12.1 Å². The predicted molar refractivity (Wildman–Crippen MR) is 83.3 cm³/mol. The molecule has 3 fully saturated rings. The van der Waals surface area contributed by atoms with Crippen LogP contribution in [0.25, 0.3) is 0 Å². The Kier molecular flexibility index (Phi) is 4.85. The lowest BCUT2D eigenvalue weighted by molar-refractivity contribution is 0.241. The summed E-state index contributed by atoms with van der Waals surface area (Å²) >= 11 is 0. The Hall–Kier alpha value is -0.210. The molecule has 3 aliphatic rings. The van der Waals surface area contributed by atoms with Gasteiger partial charge in [0.2, 0.25) is 0 Å². The average molecular weight is 316 g/mol. The van der Waals surface area contributed by atoms with Crippen LogP contribution in [0.15, 0.2) is 0 Å². The highest BCUT2D eigenvalue weighted by Crippen LogP contribution is 2.23. The molecule has 2 unspecified atom stereocenters. The summed E-state index contributed by atoms with van der Waals surface area (Å²) in [7, 11) is -1.31. The van der Waals surface area contributed by atoms with Crippen LogP contribution in [0.1, 0.15) is 38.5 Å². The average Bonchev–Trinajstić information content (AvgIpc) is 3.19. The lowest BCUT2D eigenvalue weighted by Gasteiger charge is -2.35. The van der Waals surface area contributed by atoms with Crippen LogP contribution in [0.5, 0.6) is 0 Å². The van der Waals surface area contributed by atoms with Gasteiger partial charge in [-0.3, -0.25) is 0 Å². The number of likely N-dealkylation sites (N-methyl/N-ethyl adjacent to an activating group) is 1. The molecule has 2 atom stereocenters. The van der Waals surface area contributed by atoms with Crippen LogP contribution in [-0.2, 0) is 10.2 Å². The zero-order valence-electron chi connectivity index (χ0n) is 12.9. The minimum atomic E-state index is -3.35. The van der Waals surface area contributed by atoms with Gasteiger partial charge < -0.3 is 10.2 Å². The molecule has 3 rings (SSSR count). The van der Waals surface area contributed by atoms with Crippen molar-refractivity contribution < 1.29 is 8.42 Å². The molecule has 0 radical (unpaired) electrons. The summed E-state index contributed by atoms with van der Waals surface area (Å²) in [4.78, 5) is 2.18. The fourth-order valence-corrected chi connectivity index (χ4v) is 5.09. The van der Waals surface area contributed by atoms with Gasteiger partial charge in [-0.15, -0.1) is 0 Å². The van der Waals surface area contributed by atoms with E-state index in [2.05, 4.69) is 14.9 Å². The number of nitrogens with zero attached hydrogens (tertiary/aromatic N) is 2. The lowest BCUT2D eigenvalue weighted by atomic mass is 10.1. The Labute approximate surface area is 128 Å². The van der Waals surface area contributed by atoms with Gasteiger partial charge in [0.05, 0.1) is 0 Å². The summed E-state index contributed by atoms with van der Waals surface area (Å²) in [5.41, 5.74) is 0. The Morgan fingerprint density at radius 3 is 2.52 bits per heavy atom. The first-order chi connectivity index (χ1) is 10.0. The molecule has 0 aromatic rings. The van der Waals surface area contributed by atoms with E-state index in [1.807, 2.05) is 7.05 Å². The summed E-state index contributed by atoms with van der Waals surface area (Å²) in [6, 6.07) is 0.822. The Morgan fingerprint density at radius 1 is 1.05 bits per heavy atom. The van der Waals surface area contributed by atoms with E-state index in [9.17, 15) is 8.42 Å². The van der Waals surface area contributed by atoms with Gasteiger partial charge in [-0.25, -0.2) is 0 Å². The highest BCUT2D eigenvalue weighted by molar-refractivity contribution is 7.87. The van der Waals surface area contributed by atoms with Gasteiger partial charge in [0.15, 0.2) is 0 Å². The minimum Gasteiger partial charge on any atom is -0.312 e. The topological polar surface area (TPSA) is 64.7 Å². The van der Waals surface area contributed by atoms with Crippen molar-refractivity contribution in [3.63, 3.8) is 0 Å². The largest absolute Gasteiger partial charge is 0.312 e. The van der Waals surface area contributed by atoms with E-state index in [1.165, 1.54) is 12.8 Å². The molecular formula is C14H28N4O2S. The molecular weight excluding hydrogens is 288 g/mol. The predicted octanol–water partition coefficient (Wildman–Crippen LogP) is 0.131. The molecule has 2 aliphatic heterocycles. The monoisotopic (exact) mass is 316 g/mol. The molecule has 1 aliphatic carbocycles. The van der Waals surface area contributed by atoms with Crippen LogP contribution in [0.4, 0.5) is 0 Å². The highest BCUT2D eigenvalue weighted by Gasteiger charge is 2.35. The van der Waals surface area contributed by atoms with Crippen LogP contribution in [0.3, 0.4) is 0 Å². The molecule has 2 saturated heterocycles. The summed E-state index contributed by atoms with van der Waals surface area (Å²) in [6.45, 7) is 3.25. The molecule has 0 bridgehead atoms. The quantitative estimate of drug-likeness (QED) is 0.731. The first-order valence-electron chi connectivity index (χ1n) is 8.25. The number of hydrogen-bond acceptors (Lipinski definition) is 4. The third-order valence-corrected chi connectivity index (χ3v) is 6.54. The third kappa shape index (κ3) is 4.16. The van der Waals surface area contributed by atoms with Crippen molar-refractivity contribution in [2.24, 2.45) is 0 Å². The van der Waals surface area contributed by atoms with Crippen LogP contribution >= 0.6 is 0 Å². The smallest absolute Gasteiger partial charge is 0.280 e. The first kappa shape index (κ1) is 15.7. The summed E-state index contributed by atoms with van der Waals surface area (Å²) < 4.78 is 30.0. The second kappa shape index (κ2) is 6.50. The van der Waals surface area contributed by atoms with Crippen molar-refractivity contribution in [2.75, 3.05) is 33.2 Å². The van der Waals surface area contributed by atoms with Crippen LogP contribution in [0.2, 0.25) is 0 Å². The molecule has 6 nitrogen and oxygen atoms in total. The van der Waals surface area contributed by atoms with Gasteiger partial charge in [-0.2, -0.15) is 17.4 Å². The van der Waals surface area contributed by atoms with Gasteiger partial charge in [0.1, 0.15) is 0 Å². The first-order valence-corrected chi connectivity index (χ1v) is 9.69. The second-order valence-electron chi connectivity index (χ2n) is 6.81. The Bertz CT molecular complexity index is 452. The SMILES string of the molecule is CN1CCC(NS(=O)(=O)N2CCCCC2CNC2CC2)C1. The van der Waals surface area contributed by atoms with Crippen LogP contribution in [-0.4, -0.2) is 69.0 Å². The van der Waals surface area contributed by atoms with E-state index >= 15 is 0 Å². The fraction of sp³-hybridized carbons (Fsp3) is 1.00. The van der Waals surface area contributed by atoms with Gasteiger partial charge >= 0.3 is 0 Å². The number of piperidine rings is 1. The fourth-order valence-electron chi connectivity index (χ4n) is 3.39. The van der Waals surface area contributed by atoms with Crippen molar-refractivity contribution in [3.05, 3.63) is 0 Å². The molecule has 7 heteroatoms. The van der Waals surface area contributed by atoms with Gasteiger partial charge in [-0.1, -0.05) is 6.42 Å². The molecule has 0 aromatic heterocycles. The molecule has 0 aromatic carbocycles. The van der Waals surface area contributed by atoms with E-state index in [0.29, 0.717) is 12.6 Å². The third-order valence-electron chi connectivity index (χ3n) is 4.81.